The molecule has 8 heteroatoms. The third kappa shape index (κ3) is 2.46. The molecule has 0 amide bonds. The molecule has 2 heterocycles. The molecule has 1 aromatic heterocycles. The van der Waals surface area contributed by atoms with E-state index >= 15 is 0 Å². The van der Waals surface area contributed by atoms with Gasteiger partial charge in [-0.15, -0.1) is 0 Å². The Morgan fingerprint density at radius 1 is 1.63 bits per heavy atom. The molecule has 0 spiro atoms. The van der Waals surface area contributed by atoms with Gasteiger partial charge in [-0.25, -0.2) is 0 Å². The average Bonchev–Trinajstić information content (AvgIpc) is 2.81. The van der Waals surface area contributed by atoms with Gasteiger partial charge in [0.2, 0.25) is 6.29 Å². The molecule has 0 bridgehead atoms. The number of hydrogen-bond donors (Lipinski definition) is 1. The van der Waals surface area contributed by atoms with Crippen molar-refractivity contribution in [3.8, 4) is 0 Å². The van der Waals surface area contributed by atoms with Gasteiger partial charge in [-0.2, -0.15) is 5.10 Å². The first-order valence-corrected chi connectivity index (χ1v) is 6.03. The predicted molar refractivity (Wildman–Crippen MR) is 64.3 cm³/mol. The minimum Gasteiger partial charge on any atom is -0.396 e. The van der Waals surface area contributed by atoms with Crippen molar-refractivity contribution in [2.75, 3.05) is 19.8 Å². The number of hydrogen-bond acceptors (Lipinski definition) is 6. The lowest BCUT2D eigenvalue weighted by molar-refractivity contribution is -0.388. The Labute approximate surface area is 110 Å². The smallest absolute Gasteiger partial charge is 0.315 e. The van der Waals surface area contributed by atoms with Gasteiger partial charge in [0, 0.05) is 12.5 Å². The summed E-state index contributed by atoms with van der Waals surface area (Å²) in [6.45, 7) is 2.50. The van der Waals surface area contributed by atoms with Crippen LogP contribution in [0.1, 0.15) is 25.3 Å². The lowest BCUT2D eigenvalue weighted by atomic mass is 9.87. The van der Waals surface area contributed by atoms with E-state index in [4.69, 9.17) is 9.47 Å². The Morgan fingerprint density at radius 2 is 2.26 bits per heavy atom. The molecule has 1 aromatic rings. The van der Waals surface area contributed by atoms with E-state index in [9.17, 15) is 15.2 Å². The second kappa shape index (κ2) is 5.24. The SMILES string of the molecule is CC[C@]1(CO)CO[C@H](c2c([N+](=O)[O-])cnn2C)OC1. The monoisotopic (exact) mass is 271 g/mol. The maximum atomic E-state index is 10.9. The molecule has 1 fully saturated rings. The van der Waals surface area contributed by atoms with Crippen LogP contribution in [-0.2, 0) is 16.5 Å². The number of ether oxygens (including phenoxy) is 2. The zero-order valence-corrected chi connectivity index (χ0v) is 10.9. The molecule has 8 nitrogen and oxygen atoms in total. The molecular weight excluding hydrogens is 254 g/mol. The lowest BCUT2D eigenvalue weighted by Crippen LogP contribution is -2.41. The van der Waals surface area contributed by atoms with Gasteiger partial charge in [0.05, 0.1) is 24.7 Å². The van der Waals surface area contributed by atoms with Crippen LogP contribution in [0.5, 0.6) is 0 Å². The van der Waals surface area contributed by atoms with Crippen LogP contribution in [0.25, 0.3) is 0 Å². The Balaban J connectivity index is 2.18. The van der Waals surface area contributed by atoms with E-state index in [0.29, 0.717) is 19.6 Å². The molecular formula is C11H17N3O5. The van der Waals surface area contributed by atoms with Crippen LogP contribution in [-0.4, -0.2) is 39.6 Å². The summed E-state index contributed by atoms with van der Waals surface area (Å²) < 4.78 is 12.5. The summed E-state index contributed by atoms with van der Waals surface area (Å²) in [5, 5.41) is 24.1. The summed E-state index contributed by atoms with van der Waals surface area (Å²) in [4.78, 5) is 10.4. The van der Waals surface area contributed by atoms with E-state index in [1.807, 2.05) is 6.92 Å². The summed E-state index contributed by atoms with van der Waals surface area (Å²) in [6.07, 6.45) is 1.07. The second-order valence-electron chi connectivity index (χ2n) is 4.76. The molecule has 0 saturated carbocycles. The Kier molecular flexibility index (Phi) is 3.83. The fourth-order valence-corrected chi connectivity index (χ4v) is 2.01. The zero-order chi connectivity index (χ0) is 14.0. The Bertz CT molecular complexity index is 459. The van der Waals surface area contributed by atoms with Gasteiger partial charge in [0.25, 0.3) is 0 Å². The largest absolute Gasteiger partial charge is 0.396 e. The molecule has 0 radical (unpaired) electrons. The standard InChI is InChI=1S/C11H17N3O5/c1-3-11(5-15)6-18-10(19-7-11)9-8(14(16)17)4-12-13(9)2/h4,10,15H,3,5-7H2,1-2H3/t10-,11-. The molecule has 19 heavy (non-hydrogen) atoms. The summed E-state index contributed by atoms with van der Waals surface area (Å²) in [5.74, 6) is 0. The molecule has 1 aliphatic heterocycles. The summed E-state index contributed by atoms with van der Waals surface area (Å²) in [5.41, 5.74) is -0.266. The van der Waals surface area contributed by atoms with E-state index in [1.54, 1.807) is 7.05 Å². The van der Waals surface area contributed by atoms with Crippen molar-refractivity contribution in [1.82, 2.24) is 9.78 Å². The lowest BCUT2D eigenvalue weighted by Gasteiger charge is -2.37. The van der Waals surface area contributed by atoms with Crippen LogP contribution in [0.15, 0.2) is 6.20 Å². The quantitative estimate of drug-likeness (QED) is 0.641. The summed E-state index contributed by atoms with van der Waals surface area (Å²) in [7, 11) is 1.60. The number of aromatic nitrogens is 2. The van der Waals surface area contributed by atoms with Crippen molar-refractivity contribution >= 4 is 5.69 Å². The molecule has 0 unspecified atom stereocenters. The maximum Gasteiger partial charge on any atom is 0.315 e. The van der Waals surface area contributed by atoms with Crippen molar-refractivity contribution < 1.29 is 19.5 Å². The van der Waals surface area contributed by atoms with E-state index in [0.717, 1.165) is 0 Å². The van der Waals surface area contributed by atoms with Crippen LogP contribution in [0.2, 0.25) is 0 Å². The van der Waals surface area contributed by atoms with Crippen LogP contribution >= 0.6 is 0 Å². The van der Waals surface area contributed by atoms with Gasteiger partial charge >= 0.3 is 5.69 Å². The van der Waals surface area contributed by atoms with Crippen LogP contribution in [0.3, 0.4) is 0 Å². The molecule has 1 N–H and O–H groups in total. The number of aliphatic hydroxyl groups is 1. The van der Waals surface area contributed by atoms with E-state index < -0.39 is 16.6 Å². The number of nitrogens with zero attached hydrogens (tertiary/aromatic N) is 3. The van der Waals surface area contributed by atoms with Gasteiger partial charge in [0.1, 0.15) is 6.20 Å². The Hall–Kier alpha value is -1.51. The van der Waals surface area contributed by atoms with Crippen molar-refractivity contribution in [1.29, 1.82) is 0 Å². The highest BCUT2D eigenvalue weighted by atomic mass is 16.7. The summed E-state index contributed by atoms with van der Waals surface area (Å²) in [6, 6.07) is 0. The first kappa shape index (κ1) is 13.9. The van der Waals surface area contributed by atoms with Crippen molar-refractivity contribution in [2.45, 2.75) is 19.6 Å². The minimum atomic E-state index is -0.820. The Morgan fingerprint density at radius 3 is 2.74 bits per heavy atom. The molecule has 2 rings (SSSR count). The summed E-state index contributed by atoms with van der Waals surface area (Å²) >= 11 is 0. The zero-order valence-electron chi connectivity index (χ0n) is 10.9. The topological polar surface area (TPSA) is 99.6 Å². The van der Waals surface area contributed by atoms with E-state index in [1.165, 1.54) is 10.9 Å². The van der Waals surface area contributed by atoms with E-state index in [2.05, 4.69) is 5.10 Å². The van der Waals surface area contributed by atoms with Gasteiger partial charge in [-0.3, -0.25) is 14.8 Å². The third-order valence-electron chi connectivity index (χ3n) is 3.55. The van der Waals surface area contributed by atoms with Crippen molar-refractivity contribution in [2.24, 2.45) is 12.5 Å². The van der Waals surface area contributed by atoms with Crippen LogP contribution < -0.4 is 0 Å². The van der Waals surface area contributed by atoms with Crippen LogP contribution in [0, 0.1) is 15.5 Å². The van der Waals surface area contributed by atoms with E-state index in [-0.39, 0.29) is 18.0 Å². The number of nitro groups is 1. The van der Waals surface area contributed by atoms with Crippen LogP contribution in [0.4, 0.5) is 5.69 Å². The number of aliphatic hydroxyl groups excluding tert-OH is 1. The molecule has 106 valence electrons. The van der Waals surface area contributed by atoms with Crippen molar-refractivity contribution in [3.63, 3.8) is 0 Å². The number of rotatable bonds is 4. The molecule has 0 atom stereocenters. The molecule has 1 aliphatic rings. The highest BCUT2D eigenvalue weighted by Gasteiger charge is 2.39. The second-order valence-corrected chi connectivity index (χ2v) is 4.76. The van der Waals surface area contributed by atoms with Gasteiger partial charge in [-0.1, -0.05) is 6.92 Å². The fourth-order valence-electron chi connectivity index (χ4n) is 2.01. The van der Waals surface area contributed by atoms with Gasteiger partial charge < -0.3 is 14.6 Å². The van der Waals surface area contributed by atoms with Gasteiger partial charge in [-0.05, 0) is 6.42 Å². The first-order valence-electron chi connectivity index (χ1n) is 6.03. The number of aryl methyl sites for hydroxylation is 1. The molecule has 1 saturated heterocycles. The highest BCUT2D eigenvalue weighted by molar-refractivity contribution is 5.34. The fraction of sp³-hybridized carbons (Fsp3) is 0.727. The predicted octanol–water partition coefficient (Wildman–Crippen LogP) is 0.762. The van der Waals surface area contributed by atoms with Gasteiger partial charge in [0.15, 0.2) is 5.69 Å². The highest BCUT2D eigenvalue weighted by Crippen LogP contribution is 2.36. The normalized spacial score (nSPS) is 27.4. The third-order valence-corrected chi connectivity index (χ3v) is 3.55. The molecule has 0 aliphatic carbocycles. The molecule has 0 aromatic carbocycles. The average molecular weight is 271 g/mol. The maximum absolute atomic E-state index is 10.9. The minimum absolute atomic E-state index is 0.0380. The first-order chi connectivity index (χ1) is 9.03. The van der Waals surface area contributed by atoms with Crippen molar-refractivity contribution in [3.05, 3.63) is 22.0 Å².